The number of para-hydroxylation sites is 1. The van der Waals surface area contributed by atoms with Gasteiger partial charge in [-0.15, -0.1) is 0 Å². The quantitative estimate of drug-likeness (QED) is 0.590. The van der Waals surface area contributed by atoms with Crippen molar-refractivity contribution in [2.24, 2.45) is 5.92 Å². The molecule has 0 radical (unpaired) electrons. The lowest BCUT2D eigenvalue weighted by Crippen LogP contribution is -2.48. The molecule has 7 heteroatoms. The van der Waals surface area contributed by atoms with E-state index >= 15 is 0 Å². The molecule has 0 aliphatic rings. The molecule has 0 bridgehead atoms. The zero-order valence-corrected chi connectivity index (χ0v) is 17.4. The molecule has 2 aromatic rings. The number of hydrogen-bond donors (Lipinski definition) is 2. The Bertz CT molecular complexity index is 797. The molecule has 0 spiro atoms. The smallest absolute Gasteiger partial charge is 0.253 e. The first kappa shape index (κ1) is 22.1. The molecule has 0 saturated heterocycles. The Kier molecular flexibility index (Phi) is 8.61. The van der Waals surface area contributed by atoms with E-state index in [1.165, 1.54) is 12.1 Å². The molecule has 0 heterocycles. The van der Waals surface area contributed by atoms with E-state index in [9.17, 15) is 9.59 Å². The number of ether oxygens (including phenoxy) is 1. The van der Waals surface area contributed by atoms with Crippen LogP contribution in [0.15, 0.2) is 48.5 Å². The molecule has 1 atom stereocenters. The van der Waals surface area contributed by atoms with Gasteiger partial charge < -0.3 is 15.4 Å². The molecule has 0 aliphatic carbocycles. The monoisotopic (exact) mass is 422 g/mol. The van der Waals surface area contributed by atoms with Crippen molar-refractivity contribution in [3.63, 3.8) is 0 Å². The van der Waals surface area contributed by atoms with Crippen LogP contribution in [0.1, 0.15) is 30.6 Å². The highest BCUT2D eigenvalue weighted by molar-refractivity contribution is 6.36. The van der Waals surface area contributed by atoms with Gasteiger partial charge in [-0.05, 0) is 42.7 Å². The Morgan fingerprint density at radius 1 is 1.07 bits per heavy atom. The van der Waals surface area contributed by atoms with E-state index in [4.69, 9.17) is 27.9 Å². The first-order chi connectivity index (χ1) is 13.4. The summed E-state index contributed by atoms with van der Waals surface area (Å²) in [6.07, 6.45) is 0.502. The summed E-state index contributed by atoms with van der Waals surface area (Å²) in [6.45, 7) is 4.64. The topological polar surface area (TPSA) is 67.4 Å². The molecule has 2 amide bonds. The third-order valence-electron chi connectivity index (χ3n) is 3.92. The molecule has 0 aromatic heterocycles. The maximum atomic E-state index is 12.6. The number of halogens is 2. The van der Waals surface area contributed by atoms with Crippen LogP contribution in [0.2, 0.25) is 10.0 Å². The minimum absolute atomic E-state index is 0.220. The predicted molar refractivity (Wildman–Crippen MR) is 112 cm³/mol. The van der Waals surface area contributed by atoms with Crippen LogP contribution in [0.3, 0.4) is 0 Å². The van der Waals surface area contributed by atoms with Crippen molar-refractivity contribution < 1.29 is 14.3 Å². The number of hydrogen-bond acceptors (Lipinski definition) is 3. The van der Waals surface area contributed by atoms with E-state index in [0.717, 1.165) is 5.75 Å². The molecule has 2 N–H and O–H groups in total. The molecule has 0 aliphatic heterocycles. The van der Waals surface area contributed by atoms with Gasteiger partial charge in [-0.25, -0.2) is 0 Å². The number of carbonyl (C=O) groups is 2. The van der Waals surface area contributed by atoms with Crippen LogP contribution < -0.4 is 15.4 Å². The first-order valence-electron chi connectivity index (χ1n) is 9.08. The Morgan fingerprint density at radius 2 is 1.79 bits per heavy atom. The van der Waals surface area contributed by atoms with Crippen LogP contribution in [0, 0.1) is 5.92 Å². The van der Waals surface area contributed by atoms with Crippen molar-refractivity contribution in [3.8, 4) is 5.75 Å². The van der Waals surface area contributed by atoms with Crippen molar-refractivity contribution in [3.05, 3.63) is 64.1 Å². The zero-order chi connectivity index (χ0) is 20.5. The van der Waals surface area contributed by atoms with Gasteiger partial charge in [0.25, 0.3) is 5.91 Å². The van der Waals surface area contributed by atoms with Gasteiger partial charge in [-0.1, -0.05) is 55.2 Å². The second-order valence-corrected chi connectivity index (χ2v) is 7.58. The fourth-order valence-electron chi connectivity index (χ4n) is 2.60. The fourth-order valence-corrected chi connectivity index (χ4v) is 3.09. The minimum atomic E-state index is -0.670. The SMILES string of the molecule is CC(C)CC(NC(=O)c1ccc(Cl)cc1Cl)C(=O)NCCOc1ccccc1. The summed E-state index contributed by atoms with van der Waals surface area (Å²) in [5.74, 6) is 0.283. The van der Waals surface area contributed by atoms with E-state index in [0.29, 0.717) is 24.6 Å². The zero-order valence-electron chi connectivity index (χ0n) is 15.9. The van der Waals surface area contributed by atoms with Crippen LogP contribution in [-0.2, 0) is 4.79 Å². The van der Waals surface area contributed by atoms with Gasteiger partial charge in [0.05, 0.1) is 17.1 Å². The standard InChI is InChI=1S/C21H24Cl2N2O3/c1-14(2)12-19(25-20(26)17-9-8-15(22)13-18(17)23)21(27)24-10-11-28-16-6-4-3-5-7-16/h3-9,13-14,19H,10-12H2,1-2H3,(H,24,27)(H,25,26). The van der Waals surface area contributed by atoms with Gasteiger partial charge in [0.1, 0.15) is 18.4 Å². The molecule has 0 fully saturated rings. The highest BCUT2D eigenvalue weighted by atomic mass is 35.5. The normalized spacial score (nSPS) is 11.8. The lowest BCUT2D eigenvalue weighted by molar-refractivity contribution is -0.123. The largest absolute Gasteiger partial charge is 0.492 e. The molecule has 150 valence electrons. The molecule has 0 saturated carbocycles. The van der Waals surface area contributed by atoms with Crippen LogP contribution in [0.4, 0.5) is 0 Å². The Labute approximate surface area is 175 Å². The second-order valence-electron chi connectivity index (χ2n) is 6.73. The van der Waals surface area contributed by atoms with Crippen LogP contribution in [-0.4, -0.2) is 31.0 Å². The van der Waals surface area contributed by atoms with Gasteiger partial charge in [0, 0.05) is 5.02 Å². The average Bonchev–Trinajstić information content (AvgIpc) is 2.65. The molecule has 2 rings (SSSR count). The van der Waals surface area contributed by atoms with E-state index in [-0.39, 0.29) is 22.4 Å². The summed E-state index contributed by atoms with van der Waals surface area (Å²) in [5.41, 5.74) is 0.278. The summed E-state index contributed by atoms with van der Waals surface area (Å²) in [4.78, 5) is 25.1. The van der Waals surface area contributed by atoms with Crippen LogP contribution in [0.5, 0.6) is 5.75 Å². The molecular weight excluding hydrogens is 399 g/mol. The minimum Gasteiger partial charge on any atom is -0.492 e. The summed E-state index contributed by atoms with van der Waals surface area (Å²) in [7, 11) is 0. The third kappa shape index (κ3) is 7.06. The van der Waals surface area contributed by atoms with Gasteiger partial charge in [0.2, 0.25) is 5.91 Å². The molecule has 28 heavy (non-hydrogen) atoms. The van der Waals surface area contributed by atoms with Gasteiger partial charge >= 0.3 is 0 Å². The number of benzene rings is 2. The number of amides is 2. The fraction of sp³-hybridized carbons (Fsp3) is 0.333. The van der Waals surface area contributed by atoms with E-state index in [1.54, 1.807) is 6.07 Å². The summed E-state index contributed by atoms with van der Waals surface area (Å²) < 4.78 is 5.56. The lowest BCUT2D eigenvalue weighted by atomic mass is 10.0. The molecule has 1 unspecified atom stereocenters. The van der Waals surface area contributed by atoms with Crippen molar-refractivity contribution in [2.45, 2.75) is 26.3 Å². The van der Waals surface area contributed by atoms with Crippen molar-refractivity contribution in [1.29, 1.82) is 0 Å². The summed E-state index contributed by atoms with van der Waals surface area (Å²) in [6, 6.07) is 13.3. The molecular formula is C21H24Cl2N2O3. The van der Waals surface area contributed by atoms with E-state index in [2.05, 4.69) is 10.6 Å². The average molecular weight is 423 g/mol. The Hall–Kier alpha value is -2.24. The van der Waals surface area contributed by atoms with Crippen molar-refractivity contribution in [1.82, 2.24) is 10.6 Å². The summed E-state index contributed by atoms with van der Waals surface area (Å²) >= 11 is 12.0. The van der Waals surface area contributed by atoms with Crippen LogP contribution >= 0.6 is 23.2 Å². The van der Waals surface area contributed by atoms with E-state index < -0.39 is 11.9 Å². The number of carbonyl (C=O) groups excluding carboxylic acids is 2. The maximum Gasteiger partial charge on any atom is 0.253 e. The van der Waals surface area contributed by atoms with E-state index in [1.807, 2.05) is 44.2 Å². The lowest BCUT2D eigenvalue weighted by Gasteiger charge is -2.20. The predicted octanol–water partition coefficient (Wildman–Crippen LogP) is 4.33. The highest BCUT2D eigenvalue weighted by Crippen LogP contribution is 2.21. The van der Waals surface area contributed by atoms with Gasteiger partial charge in [-0.3, -0.25) is 9.59 Å². The highest BCUT2D eigenvalue weighted by Gasteiger charge is 2.23. The molecule has 2 aromatic carbocycles. The Balaban J connectivity index is 1.91. The third-order valence-corrected chi connectivity index (χ3v) is 4.47. The summed E-state index contributed by atoms with van der Waals surface area (Å²) in [5, 5.41) is 6.25. The molecule has 5 nitrogen and oxygen atoms in total. The number of rotatable bonds is 9. The Morgan fingerprint density at radius 3 is 2.43 bits per heavy atom. The van der Waals surface area contributed by atoms with Crippen molar-refractivity contribution in [2.75, 3.05) is 13.2 Å². The second kappa shape index (κ2) is 10.9. The first-order valence-corrected chi connectivity index (χ1v) is 9.84. The van der Waals surface area contributed by atoms with Crippen LogP contribution in [0.25, 0.3) is 0 Å². The number of nitrogens with one attached hydrogen (secondary N) is 2. The maximum absolute atomic E-state index is 12.6. The van der Waals surface area contributed by atoms with Crippen molar-refractivity contribution >= 4 is 35.0 Å². The van der Waals surface area contributed by atoms with Gasteiger partial charge in [-0.2, -0.15) is 0 Å². The van der Waals surface area contributed by atoms with Gasteiger partial charge in [0.15, 0.2) is 0 Å².